The van der Waals surface area contributed by atoms with Crippen molar-refractivity contribution < 1.29 is 4.79 Å². The average Bonchev–Trinajstić information content (AvgIpc) is 2.88. The number of aromatic nitrogens is 3. The summed E-state index contributed by atoms with van der Waals surface area (Å²) in [7, 11) is 0. The Kier molecular flexibility index (Phi) is 3.74. The number of amides is 2. The van der Waals surface area contributed by atoms with Crippen molar-refractivity contribution >= 4 is 23.0 Å². The van der Waals surface area contributed by atoms with Gasteiger partial charge in [-0.15, -0.1) is 0 Å². The van der Waals surface area contributed by atoms with E-state index in [-0.39, 0.29) is 6.03 Å². The fourth-order valence-electron chi connectivity index (χ4n) is 2.37. The summed E-state index contributed by atoms with van der Waals surface area (Å²) in [5, 5.41) is 5.35. The number of anilines is 1. The van der Waals surface area contributed by atoms with Crippen LogP contribution < -0.4 is 10.6 Å². The molecule has 6 heteroatoms. The second-order valence-electron chi connectivity index (χ2n) is 5.00. The van der Waals surface area contributed by atoms with E-state index >= 15 is 0 Å². The lowest BCUT2D eigenvalue weighted by Crippen LogP contribution is -2.28. The molecule has 3 aromatic rings. The Morgan fingerprint density at radius 1 is 1.36 bits per heavy atom. The number of fused-ring (bicyclic) bond motifs is 1. The minimum atomic E-state index is -0.272. The molecule has 0 aliphatic carbocycles. The highest BCUT2D eigenvalue weighted by atomic mass is 16.2. The van der Waals surface area contributed by atoms with E-state index < -0.39 is 0 Å². The standard InChI is InChI=1S/C16H17N5O/c1-3-18-16(22)21-15-19-13-7-10(2)12(8-14(13)20-15)11-5-4-6-17-9-11/h4-9H,3H2,1-2H3,(H3,18,19,20,21,22). The van der Waals surface area contributed by atoms with Gasteiger partial charge in [-0.3, -0.25) is 10.3 Å². The molecule has 1 aromatic carbocycles. The smallest absolute Gasteiger partial charge is 0.321 e. The van der Waals surface area contributed by atoms with Crippen LogP contribution in [0.15, 0.2) is 36.7 Å². The summed E-state index contributed by atoms with van der Waals surface area (Å²) in [6, 6.07) is 7.67. The van der Waals surface area contributed by atoms with Crippen molar-refractivity contribution in [3.8, 4) is 11.1 Å². The topological polar surface area (TPSA) is 82.7 Å². The van der Waals surface area contributed by atoms with Gasteiger partial charge in [0.1, 0.15) is 0 Å². The van der Waals surface area contributed by atoms with Gasteiger partial charge in [-0.05, 0) is 43.2 Å². The monoisotopic (exact) mass is 295 g/mol. The summed E-state index contributed by atoms with van der Waals surface area (Å²) in [5.74, 6) is 0.434. The number of imidazole rings is 1. The number of nitrogens with one attached hydrogen (secondary N) is 3. The van der Waals surface area contributed by atoms with Crippen LogP contribution in [-0.2, 0) is 0 Å². The largest absolute Gasteiger partial charge is 0.338 e. The molecule has 2 amide bonds. The van der Waals surface area contributed by atoms with Gasteiger partial charge in [-0.2, -0.15) is 0 Å². The Hall–Kier alpha value is -2.89. The predicted molar refractivity (Wildman–Crippen MR) is 86.8 cm³/mol. The third-order valence-electron chi connectivity index (χ3n) is 3.37. The molecule has 2 aromatic heterocycles. The van der Waals surface area contributed by atoms with Crippen LogP contribution in [0.4, 0.5) is 10.7 Å². The molecule has 3 N–H and O–H groups in total. The van der Waals surface area contributed by atoms with Gasteiger partial charge in [-0.25, -0.2) is 9.78 Å². The Morgan fingerprint density at radius 3 is 2.95 bits per heavy atom. The number of pyridine rings is 1. The number of hydrogen-bond donors (Lipinski definition) is 3. The van der Waals surface area contributed by atoms with Crippen molar-refractivity contribution in [2.45, 2.75) is 13.8 Å². The first-order valence-electron chi connectivity index (χ1n) is 7.13. The molecule has 2 heterocycles. The van der Waals surface area contributed by atoms with Crippen molar-refractivity contribution in [2.24, 2.45) is 0 Å². The fraction of sp³-hybridized carbons (Fsp3) is 0.188. The zero-order chi connectivity index (χ0) is 15.5. The van der Waals surface area contributed by atoms with Crippen LogP contribution in [0, 0.1) is 6.92 Å². The molecule has 0 saturated carbocycles. The highest BCUT2D eigenvalue weighted by Gasteiger charge is 2.10. The second-order valence-corrected chi connectivity index (χ2v) is 5.00. The Labute approximate surface area is 128 Å². The maximum atomic E-state index is 11.6. The zero-order valence-electron chi connectivity index (χ0n) is 12.5. The molecule has 0 saturated heterocycles. The van der Waals surface area contributed by atoms with Crippen LogP contribution in [0.3, 0.4) is 0 Å². The van der Waals surface area contributed by atoms with Crippen molar-refractivity contribution in [3.05, 3.63) is 42.2 Å². The lowest BCUT2D eigenvalue weighted by atomic mass is 10.0. The molecule has 6 nitrogen and oxygen atoms in total. The molecule has 0 unspecified atom stereocenters. The van der Waals surface area contributed by atoms with Gasteiger partial charge in [0.15, 0.2) is 0 Å². The Morgan fingerprint density at radius 2 is 2.23 bits per heavy atom. The third-order valence-corrected chi connectivity index (χ3v) is 3.37. The van der Waals surface area contributed by atoms with E-state index in [9.17, 15) is 4.79 Å². The fourth-order valence-corrected chi connectivity index (χ4v) is 2.37. The van der Waals surface area contributed by atoms with Gasteiger partial charge in [-0.1, -0.05) is 6.07 Å². The van der Waals surface area contributed by atoms with E-state index in [1.165, 1.54) is 0 Å². The van der Waals surface area contributed by atoms with Crippen molar-refractivity contribution in [1.29, 1.82) is 0 Å². The van der Waals surface area contributed by atoms with Gasteiger partial charge in [0, 0.05) is 24.5 Å². The molecule has 0 bridgehead atoms. The first kappa shape index (κ1) is 14.1. The molecule has 0 aliphatic heterocycles. The number of benzene rings is 1. The maximum absolute atomic E-state index is 11.6. The first-order valence-corrected chi connectivity index (χ1v) is 7.13. The number of hydrogen-bond acceptors (Lipinski definition) is 3. The van der Waals surface area contributed by atoms with Gasteiger partial charge >= 0.3 is 6.03 Å². The second kappa shape index (κ2) is 5.85. The Balaban J connectivity index is 1.98. The lowest BCUT2D eigenvalue weighted by molar-refractivity contribution is 0.252. The van der Waals surface area contributed by atoms with Gasteiger partial charge in [0.05, 0.1) is 11.0 Å². The third kappa shape index (κ3) is 2.76. The van der Waals surface area contributed by atoms with E-state index in [2.05, 4.69) is 25.6 Å². The summed E-state index contributed by atoms with van der Waals surface area (Å²) in [4.78, 5) is 23.2. The van der Waals surface area contributed by atoms with E-state index in [1.807, 2.05) is 44.3 Å². The molecule has 0 aliphatic rings. The van der Waals surface area contributed by atoms with Crippen molar-refractivity contribution in [2.75, 3.05) is 11.9 Å². The van der Waals surface area contributed by atoms with Gasteiger partial charge in [0.25, 0.3) is 0 Å². The van der Waals surface area contributed by atoms with E-state index in [0.717, 1.165) is 27.7 Å². The number of carbonyl (C=O) groups is 1. The van der Waals surface area contributed by atoms with Crippen LogP contribution in [0.1, 0.15) is 12.5 Å². The molecule has 0 atom stereocenters. The van der Waals surface area contributed by atoms with Crippen LogP contribution in [0.2, 0.25) is 0 Å². The van der Waals surface area contributed by atoms with Gasteiger partial charge in [0.2, 0.25) is 5.95 Å². The minimum absolute atomic E-state index is 0.272. The zero-order valence-corrected chi connectivity index (χ0v) is 12.5. The average molecular weight is 295 g/mol. The number of carbonyl (C=O) groups excluding carboxylic acids is 1. The van der Waals surface area contributed by atoms with Crippen molar-refractivity contribution in [3.63, 3.8) is 0 Å². The minimum Gasteiger partial charge on any atom is -0.338 e. The number of nitrogens with zero attached hydrogens (tertiary/aromatic N) is 2. The molecular weight excluding hydrogens is 278 g/mol. The first-order chi connectivity index (χ1) is 10.7. The summed E-state index contributed by atoms with van der Waals surface area (Å²) < 4.78 is 0. The summed E-state index contributed by atoms with van der Waals surface area (Å²) in [6.45, 7) is 4.47. The molecule has 112 valence electrons. The number of urea groups is 1. The molecular formula is C16H17N5O. The molecule has 0 radical (unpaired) electrons. The number of aromatic amines is 1. The van der Waals surface area contributed by atoms with Crippen LogP contribution >= 0.6 is 0 Å². The van der Waals surface area contributed by atoms with Crippen molar-refractivity contribution in [1.82, 2.24) is 20.3 Å². The maximum Gasteiger partial charge on any atom is 0.321 e. The predicted octanol–water partition coefficient (Wildman–Crippen LogP) is 3.07. The highest BCUT2D eigenvalue weighted by Crippen LogP contribution is 2.27. The van der Waals surface area contributed by atoms with E-state index in [0.29, 0.717) is 12.5 Å². The van der Waals surface area contributed by atoms with E-state index in [4.69, 9.17) is 0 Å². The molecule has 0 spiro atoms. The summed E-state index contributed by atoms with van der Waals surface area (Å²) in [5.41, 5.74) is 4.93. The Bertz CT molecular complexity index is 810. The summed E-state index contributed by atoms with van der Waals surface area (Å²) >= 11 is 0. The lowest BCUT2D eigenvalue weighted by Gasteiger charge is -2.05. The number of H-pyrrole nitrogens is 1. The molecule has 3 rings (SSSR count). The van der Waals surface area contributed by atoms with Crippen LogP contribution in [-0.4, -0.2) is 27.5 Å². The normalized spacial score (nSPS) is 10.6. The quantitative estimate of drug-likeness (QED) is 0.694. The molecule has 22 heavy (non-hydrogen) atoms. The van der Waals surface area contributed by atoms with Gasteiger partial charge < -0.3 is 10.3 Å². The van der Waals surface area contributed by atoms with Crippen LogP contribution in [0.25, 0.3) is 22.2 Å². The molecule has 0 fully saturated rings. The summed E-state index contributed by atoms with van der Waals surface area (Å²) in [6.07, 6.45) is 3.58. The number of aryl methyl sites for hydroxylation is 1. The number of rotatable bonds is 3. The highest BCUT2D eigenvalue weighted by molar-refractivity contribution is 5.91. The van der Waals surface area contributed by atoms with E-state index in [1.54, 1.807) is 6.20 Å². The SMILES string of the molecule is CCNC(=O)Nc1nc2cc(-c3cccnc3)c(C)cc2[nH]1. The van der Waals surface area contributed by atoms with Crippen LogP contribution in [0.5, 0.6) is 0 Å².